The van der Waals surface area contributed by atoms with Crippen molar-refractivity contribution in [3.05, 3.63) is 41.4 Å². The van der Waals surface area contributed by atoms with Crippen LogP contribution in [0.2, 0.25) is 0 Å². The number of piperidine rings is 1. The Morgan fingerprint density at radius 3 is 2.71 bits per heavy atom. The van der Waals surface area contributed by atoms with Crippen LogP contribution in [0.3, 0.4) is 0 Å². The summed E-state index contributed by atoms with van der Waals surface area (Å²) in [6.45, 7) is 4.50. The molecule has 1 fully saturated rings. The molecule has 3 rings (SSSR count). The number of rotatable bonds is 6. The van der Waals surface area contributed by atoms with Gasteiger partial charge >= 0.3 is 0 Å². The topological polar surface area (TPSA) is 54.5 Å². The second kappa shape index (κ2) is 8.15. The molecule has 5 nitrogen and oxygen atoms in total. The maximum Gasteiger partial charge on any atom is 0.224 e. The van der Waals surface area contributed by atoms with Crippen LogP contribution < -0.4 is 15.0 Å². The zero-order chi connectivity index (χ0) is 16.8. The van der Waals surface area contributed by atoms with Gasteiger partial charge in [0.25, 0.3) is 0 Å². The standard InChI is InChI=1S/C18H23N3O2S/c1-2-23-16-5-3-14(4-6-16)13-17(22)20-15-7-10-21(11-8-15)18-19-9-12-24-18/h3-6,9,12,15H,2,7-8,10-11,13H2,1H3,(H,20,22). The Hall–Kier alpha value is -2.08. The van der Waals surface area contributed by atoms with Gasteiger partial charge < -0.3 is 15.0 Å². The highest BCUT2D eigenvalue weighted by molar-refractivity contribution is 7.13. The van der Waals surface area contributed by atoms with E-state index in [-0.39, 0.29) is 11.9 Å². The molecule has 1 aromatic heterocycles. The van der Waals surface area contributed by atoms with Crippen molar-refractivity contribution in [2.75, 3.05) is 24.6 Å². The molecule has 24 heavy (non-hydrogen) atoms. The third-order valence-corrected chi connectivity index (χ3v) is 4.98. The van der Waals surface area contributed by atoms with E-state index in [9.17, 15) is 4.79 Å². The molecule has 1 aliphatic rings. The lowest BCUT2D eigenvalue weighted by Crippen LogP contribution is -2.45. The van der Waals surface area contributed by atoms with E-state index in [0.717, 1.165) is 42.4 Å². The minimum atomic E-state index is 0.0897. The Morgan fingerprint density at radius 2 is 2.08 bits per heavy atom. The summed E-state index contributed by atoms with van der Waals surface area (Å²) in [4.78, 5) is 18.9. The number of aromatic nitrogens is 1. The molecule has 1 saturated heterocycles. The van der Waals surface area contributed by atoms with Gasteiger partial charge in [-0.05, 0) is 37.5 Å². The van der Waals surface area contributed by atoms with Crippen molar-refractivity contribution in [3.63, 3.8) is 0 Å². The van der Waals surface area contributed by atoms with Crippen LogP contribution in [0.25, 0.3) is 0 Å². The number of carbonyl (C=O) groups excluding carboxylic acids is 1. The molecule has 128 valence electrons. The maximum absolute atomic E-state index is 12.2. The van der Waals surface area contributed by atoms with Gasteiger partial charge in [0, 0.05) is 30.7 Å². The van der Waals surface area contributed by atoms with Crippen LogP contribution in [0.15, 0.2) is 35.8 Å². The smallest absolute Gasteiger partial charge is 0.224 e. The fourth-order valence-corrected chi connectivity index (χ4v) is 3.62. The predicted molar refractivity (Wildman–Crippen MR) is 96.8 cm³/mol. The molecule has 2 heterocycles. The van der Waals surface area contributed by atoms with E-state index in [1.165, 1.54) is 0 Å². The Bertz CT molecular complexity index is 635. The zero-order valence-electron chi connectivity index (χ0n) is 13.9. The number of ether oxygens (including phenoxy) is 1. The molecule has 2 aromatic rings. The first-order valence-electron chi connectivity index (χ1n) is 8.40. The summed E-state index contributed by atoms with van der Waals surface area (Å²) in [6, 6.07) is 8.00. The normalized spacial score (nSPS) is 15.3. The number of anilines is 1. The van der Waals surface area contributed by atoms with Gasteiger partial charge in [-0.2, -0.15) is 0 Å². The monoisotopic (exact) mass is 345 g/mol. The third-order valence-electron chi connectivity index (χ3n) is 4.15. The van der Waals surface area contributed by atoms with Crippen molar-refractivity contribution >= 4 is 22.4 Å². The molecular formula is C18H23N3O2S. The van der Waals surface area contributed by atoms with Crippen LogP contribution in [0.5, 0.6) is 5.75 Å². The van der Waals surface area contributed by atoms with Gasteiger partial charge in [0.2, 0.25) is 5.91 Å². The Balaban J connectivity index is 1.44. The van der Waals surface area contributed by atoms with Gasteiger partial charge in [-0.1, -0.05) is 12.1 Å². The molecule has 0 spiro atoms. The van der Waals surface area contributed by atoms with Crippen LogP contribution in [0.1, 0.15) is 25.3 Å². The molecule has 0 atom stereocenters. The molecule has 6 heteroatoms. The van der Waals surface area contributed by atoms with Gasteiger partial charge in [-0.3, -0.25) is 4.79 Å². The largest absolute Gasteiger partial charge is 0.494 e. The van der Waals surface area contributed by atoms with E-state index in [4.69, 9.17) is 4.74 Å². The van der Waals surface area contributed by atoms with Crippen molar-refractivity contribution in [2.24, 2.45) is 0 Å². The number of benzene rings is 1. The lowest BCUT2D eigenvalue weighted by molar-refractivity contribution is -0.121. The summed E-state index contributed by atoms with van der Waals surface area (Å²) in [6.07, 6.45) is 4.19. The second-order valence-corrected chi connectivity index (χ2v) is 6.77. The lowest BCUT2D eigenvalue weighted by atomic mass is 10.0. The molecule has 0 radical (unpaired) electrons. The minimum absolute atomic E-state index is 0.0897. The minimum Gasteiger partial charge on any atom is -0.494 e. The van der Waals surface area contributed by atoms with E-state index in [1.807, 2.05) is 42.8 Å². The van der Waals surface area contributed by atoms with Crippen molar-refractivity contribution in [1.29, 1.82) is 0 Å². The van der Waals surface area contributed by atoms with Crippen molar-refractivity contribution in [1.82, 2.24) is 10.3 Å². The number of carbonyl (C=O) groups is 1. The van der Waals surface area contributed by atoms with Crippen LogP contribution in [-0.2, 0) is 11.2 Å². The van der Waals surface area contributed by atoms with Crippen LogP contribution in [0, 0.1) is 0 Å². The molecule has 1 aromatic carbocycles. The molecule has 0 aliphatic carbocycles. The van der Waals surface area contributed by atoms with E-state index >= 15 is 0 Å². The first-order valence-corrected chi connectivity index (χ1v) is 9.28. The number of nitrogens with one attached hydrogen (secondary N) is 1. The number of amides is 1. The van der Waals surface area contributed by atoms with E-state index in [2.05, 4.69) is 15.2 Å². The fraction of sp³-hybridized carbons (Fsp3) is 0.444. The van der Waals surface area contributed by atoms with Gasteiger partial charge in [-0.15, -0.1) is 11.3 Å². The summed E-state index contributed by atoms with van der Waals surface area (Å²) in [5, 5.41) is 6.24. The molecule has 1 N–H and O–H groups in total. The van der Waals surface area contributed by atoms with E-state index in [1.54, 1.807) is 11.3 Å². The average molecular weight is 345 g/mol. The molecule has 0 bridgehead atoms. The van der Waals surface area contributed by atoms with Crippen LogP contribution in [0.4, 0.5) is 5.13 Å². The lowest BCUT2D eigenvalue weighted by Gasteiger charge is -2.32. The highest BCUT2D eigenvalue weighted by Gasteiger charge is 2.21. The quantitative estimate of drug-likeness (QED) is 0.875. The molecule has 0 saturated carbocycles. The predicted octanol–water partition coefficient (Wildman–Crippen LogP) is 2.87. The molecule has 1 amide bonds. The SMILES string of the molecule is CCOc1ccc(CC(=O)NC2CCN(c3nccs3)CC2)cc1. The molecule has 0 unspecified atom stereocenters. The number of nitrogens with zero attached hydrogens (tertiary/aromatic N) is 2. The average Bonchev–Trinajstić information content (AvgIpc) is 3.12. The first kappa shape index (κ1) is 16.8. The zero-order valence-corrected chi connectivity index (χ0v) is 14.7. The molecule has 1 aliphatic heterocycles. The Kier molecular flexibility index (Phi) is 5.69. The van der Waals surface area contributed by atoms with Crippen molar-refractivity contribution in [3.8, 4) is 5.75 Å². The van der Waals surface area contributed by atoms with Gasteiger partial charge in [0.05, 0.1) is 13.0 Å². The molecular weight excluding hydrogens is 322 g/mol. The Labute approximate surface area is 146 Å². The van der Waals surface area contributed by atoms with Crippen LogP contribution >= 0.6 is 11.3 Å². The fourth-order valence-electron chi connectivity index (χ4n) is 2.92. The van der Waals surface area contributed by atoms with Crippen LogP contribution in [-0.4, -0.2) is 36.6 Å². The second-order valence-electron chi connectivity index (χ2n) is 5.90. The summed E-state index contributed by atoms with van der Waals surface area (Å²) >= 11 is 1.67. The summed E-state index contributed by atoms with van der Waals surface area (Å²) in [7, 11) is 0. The summed E-state index contributed by atoms with van der Waals surface area (Å²) < 4.78 is 5.42. The number of hydrogen-bond donors (Lipinski definition) is 1. The number of thiazole rings is 1. The summed E-state index contributed by atoms with van der Waals surface area (Å²) in [5.41, 5.74) is 1.01. The van der Waals surface area contributed by atoms with Gasteiger partial charge in [-0.25, -0.2) is 4.98 Å². The van der Waals surface area contributed by atoms with Gasteiger partial charge in [0.15, 0.2) is 5.13 Å². The highest BCUT2D eigenvalue weighted by atomic mass is 32.1. The van der Waals surface area contributed by atoms with Gasteiger partial charge in [0.1, 0.15) is 5.75 Å². The first-order chi connectivity index (χ1) is 11.7. The Morgan fingerprint density at radius 1 is 1.33 bits per heavy atom. The van der Waals surface area contributed by atoms with E-state index < -0.39 is 0 Å². The van der Waals surface area contributed by atoms with E-state index in [0.29, 0.717) is 13.0 Å². The van der Waals surface area contributed by atoms with Crippen molar-refractivity contribution < 1.29 is 9.53 Å². The van der Waals surface area contributed by atoms with Crippen molar-refractivity contribution in [2.45, 2.75) is 32.2 Å². The maximum atomic E-state index is 12.2. The number of hydrogen-bond acceptors (Lipinski definition) is 5. The third kappa shape index (κ3) is 4.47. The highest BCUT2D eigenvalue weighted by Crippen LogP contribution is 2.22. The summed E-state index contributed by atoms with van der Waals surface area (Å²) in [5.74, 6) is 0.933.